The molecule has 1 N–H and O–H groups in total. The molecule has 1 aromatic carbocycles. The fourth-order valence-electron chi connectivity index (χ4n) is 1.59. The predicted molar refractivity (Wildman–Crippen MR) is 64.2 cm³/mol. The Bertz CT molecular complexity index is 340. The van der Waals surface area contributed by atoms with Crippen molar-refractivity contribution in [2.24, 2.45) is 0 Å². The van der Waals surface area contributed by atoms with Gasteiger partial charge in [-0.25, -0.2) is 0 Å². The van der Waals surface area contributed by atoms with Crippen molar-refractivity contribution in [2.75, 3.05) is 14.2 Å². The molecular weight excluding hydrogens is 186 g/mol. The Morgan fingerprint density at radius 2 is 2.00 bits per heavy atom. The van der Waals surface area contributed by atoms with Crippen LogP contribution in [0, 0.1) is 0 Å². The standard InChI is InChI=1S/C13H19NO/c1-10(2)9-12(14-3)11-7-5-6-8-13(11)15-4/h5-9,12,14H,1-4H3. The van der Waals surface area contributed by atoms with Crippen LogP contribution in [-0.2, 0) is 0 Å². The number of para-hydroxylation sites is 1. The summed E-state index contributed by atoms with van der Waals surface area (Å²) in [5.41, 5.74) is 2.46. The van der Waals surface area contributed by atoms with E-state index in [0.29, 0.717) is 0 Å². The van der Waals surface area contributed by atoms with Gasteiger partial charge in [-0.05, 0) is 27.0 Å². The number of benzene rings is 1. The molecule has 1 unspecified atom stereocenters. The van der Waals surface area contributed by atoms with E-state index in [2.05, 4.69) is 31.3 Å². The molecule has 15 heavy (non-hydrogen) atoms. The monoisotopic (exact) mass is 205 g/mol. The molecule has 2 nitrogen and oxygen atoms in total. The Hall–Kier alpha value is -1.28. The lowest BCUT2D eigenvalue weighted by molar-refractivity contribution is 0.406. The van der Waals surface area contributed by atoms with Crippen molar-refractivity contribution in [3.8, 4) is 5.75 Å². The lowest BCUT2D eigenvalue weighted by Gasteiger charge is -2.16. The van der Waals surface area contributed by atoms with E-state index < -0.39 is 0 Å². The van der Waals surface area contributed by atoms with Crippen molar-refractivity contribution in [3.63, 3.8) is 0 Å². The molecule has 82 valence electrons. The van der Waals surface area contributed by atoms with E-state index in [4.69, 9.17) is 4.74 Å². The molecule has 0 amide bonds. The minimum absolute atomic E-state index is 0.214. The molecule has 0 aliphatic rings. The van der Waals surface area contributed by atoms with Gasteiger partial charge in [-0.1, -0.05) is 29.8 Å². The molecule has 0 saturated carbocycles. The first kappa shape index (κ1) is 11.8. The van der Waals surface area contributed by atoms with Gasteiger partial charge in [-0.3, -0.25) is 0 Å². The molecule has 0 radical (unpaired) electrons. The largest absolute Gasteiger partial charge is 0.496 e. The summed E-state index contributed by atoms with van der Waals surface area (Å²) in [6.07, 6.45) is 2.19. The maximum absolute atomic E-state index is 5.34. The molecule has 0 aromatic heterocycles. The van der Waals surface area contributed by atoms with Crippen LogP contribution in [0.3, 0.4) is 0 Å². The second kappa shape index (κ2) is 5.56. The molecule has 0 bridgehead atoms. The highest BCUT2D eigenvalue weighted by molar-refractivity contribution is 5.38. The maximum Gasteiger partial charge on any atom is 0.123 e. The van der Waals surface area contributed by atoms with Crippen molar-refractivity contribution in [1.29, 1.82) is 0 Å². The molecule has 1 atom stereocenters. The number of hydrogen-bond donors (Lipinski definition) is 1. The Morgan fingerprint density at radius 3 is 2.53 bits per heavy atom. The Labute approximate surface area is 92.0 Å². The van der Waals surface area contributed by atoms with E-state index in [1.807, 2.05) is 25.2 Å². The third-order valence-corrected chi connectivity index (χ3v) is 2.28. The van der Waals surface area contributed by atoms with Gasteiger partial charge in [0.15, 0.2) is 0 Å². The van der Waals surface area contributed by atoms with Gasteiger partial charge in [0.05, 0.1) is 13.2 Å². The first-order chi connectivity index (χ1) is 7.19. The minimum Gasteiger partial charge on any atom is -0.496 e. The van der Waals surface area contributed by atoms with Crippen LogP contribution in [-0.4, -0.2) is 14.2 Å². The van der Waals surface area contributed by atoms with Crippen LogP contribution < -0.4 is 10.1 Å². The zero-order valence-corrected chi connectivity index (χ0v) is 9.87. The van der Waals surface area contributed by atoms with Crippen molar-refractivity contribution in [2.45, 2.75) is 19.9 Å². The van der Waals surface area contributed by atoms with Crippen molar-refractivity contribution < 1.29 is 4.74 Å². The van der Waals surface area contributed by atoms with Gasteiger partial charge in [0.2, 0.25) is 0 Å². The van der Waals surface area contributed by atoms with Crippen LogP contribution in [0.1, 0.15) is 25.5 Å². The van der Waals surface area contributed by atoms with Crippen molar-refractivity contribution in [1.82, 2.24) is 5.32 Å². The summed E-state index contributed by atoms with van der Waals surface area (Å²) in [6.45, 7) is 4.19. The van der Waals surface area contributed by atoms with Crippen molar-refractivity contribution in [3.05, 3.63) is 41.5 Å². The normalized spacial score (nSPS) is 12.0. The summed E-state index contributed by atoms with van der Waals surface area (Å²) in [4.78, 5) is 0. The predicted octanol–water partition coefficient (Wildman–Crippen LogP) is 2.92. The average molecular weight is 205 g/mol. The van der Waals surface area contributed by atoms with Crippen LogP contribution in [0.2, 0.25) is 0 Å². The van der Waals surface area contributed by atoms with E-state index >= 15 is 0 Å². The van der Waals surface area contributed by atoms with Crippen molar-refractivity contribution >= 4 is 0 Å². The first-order valence-electron chi connectivity index (χ1n) is 5.14. The molecule has 1 rings (SSSR count). The number of allylic oxidation sites excluding steroid dienone is 1. The molecule has 0 fully saturated rings. The van der Waals surface area contributed by atoms with Crippen LogP contribution in [0.15, 0.2) is 35.9 Å². The molecular formula is C13H19NO. The number of nitrogens with one attached hydrogen (secondary N) is 1. The van der Waals surface area contributed by atoms with E-state index in [9.17, 15) is 0 Å². The summed E-state index contributed by atoms with van der Waals surface area (Å²) in [5, 5.41) is 3.27. The Balaban J connectivity index is 3.06. The van der Waals surface area contributed by atoms with E-state index in [0.717, 1.165) is 5.75 Å². The molecule has 2 heteroatoms. The quantitative estimate of drug-likeness (QED) is 0.763. The van der Waals surface area contributed by atoms with Gasteiger partial charge in [0, 0.05) is 5.56 Å². The van der Waals surface area contributed by atoms with E-state index in [1.165, 1.54) is 11.1 Å². The Morgan fingerprint density at radius 1 is 1.33 bits per heavy atom. The zero-order valence-electron chi connectivity index (χ0n) is 9.87. The summed E-state index contributed by atoms with van der Waals surface area (Å²) in [5.74, 6) is 0.925. The highest BCUT2D eigenvalue weighted by Gasteiger charge is 2.10. The summed E-state index contributed by atoms with van der Waals surface area (Å²) >= 11 is 0. The van der Waals surface area contributed by atoms with Crippen LogP contribution in [0.5, 0.6) is 5.75 Å². The molecule has 0 aliphatic carbocycles. The summed E-state index contributed by atoms with van der Waals surface area (Å²) in [6, 6.07) is 8.29. The molecule has 1 aromatic rings. The smallest absolute Gasteiger partial charge is 0.123 e. The van der Waals surface area contributed by atoms with Crippen LogP contribution in [0.25, 0.3) is 0 Å². The topological polar surface area (TPSA) is 21.3 Å². The number of likely N-dealkylation sites (N-methyl/N-ethyl adjacent to an activating group) is 1. The summed E-state index contributed by atoms with van der Waals surface area (Å²) < 4.78 is 5.34. The Kier molecular flexibility index (Phi) is 4.37. The number of methoxy groups -OCH3 is 1. The van der Waals surface area contributed by atoms with Gasteiger partial charge < -0.3 is 10.1 Å². The lowest BCUT2D eigenvalue weighted by atomic mass is 10.0. The first-order valence-corrected chi connectivity index (χ1v) is 5.14. The molecule has 0 saturated heterocycles. The van der Waals surface area contributed by atoms with Gasteiger partial charge in [-0.15, -0.1) is 0 Å². The third kappa shape index (κ3) is 3.10. The van der Waals surface area contributed by atoms with Crippen LogP contribution in [0.4, 0.5) is 0 Å². The SMILES string of the molecule is CNC(C=C(C)C)c1ccccc1OC. The average Bonchev–Trinajstić information content (AvgIpc) is 2.25. The van der Waals surface area contributed by atoms with Gasteiger partial charge >= 0.3 is 0 Å². The number of ether oxygens (including phenoxy) is 1. The highest BCUT2D eigenvalue weighted by atomic mass is 16.5. The molecule has 0 spiro atoms. The van der Waals surface area contributed by atoms with Gasteiger partial charge in [0.1, 0.15) is 5.75 Å². The third-order valence-electron chi connectivity index (χ3n) is 2.28. The van der Waals surface area contributed by atoms with E-state index in [1.54, 1.807) is 7.11 Å². The van der Waals surface area contributed by atoms with Gasteiger partial charge in [-0.2, -0.15) is 0 Å². The highest BCUT2D eigenvalue weighted by Crippen LogP contribution is 2.25. The van der Waals surface area contributed by atoms with E-state index in [-0.39, 0.29) is 6.04 Å². The fraction of sp³-hybridized carbons (Fsp3) is 0.385. The second-order valence-corrected chi connectivity index (χ2v) is 3.75. The summed E-state index contributed by atoms with van der Waals surface area (Å²) in [7, 11) is 3.66. The fourth-order valence-corrected chi connectivity index (χ4v) is 1.59. The van der Waals surface area contributed by atoms with Gasteiger partial charge in [0.25, 0.3) is 0 Å². The zero-order chi connectivity index (χ0) is 11.3. The molecule has 0 heterocycles. The van der Waals surface area contributed by atoms with Crippen LogP contribution >= 0.6 is 0 Å². The molecule has 0 aliphatic heterocycles. The maximum atomic E-state index is 5.34. The minimum atomic E-state index is 0.214. The number of rotatable bonds is 4. The number of hydrogen-bond acceptors (Lipinski definition) is 2. The second-order valence-electron chi connectivity index (χ2n) is 3.75. The lowest BCUT2D eigenvalue weighted by Crippen LogP contribution is -2.15.